The van der Waals surface area contributed by atoms with E-state index in [2.05, 4.69) is 55.2 Å². The molecule has 0 fully saturated rings. The molecule has 0 aliphatic rings. The van der Waals surface area contributed by atoms with Crippen LogP contribution in [0.4, 0.5) is 8.78 Å². The molecule has 5 heteroatoms. The minimum atomic E-state index is -0.912. The topological polar surface area (TPSA) is 24.7 Å². The molecule has 0 atom stereocenters. The molecule has 0 aromatic heterocycles. The Balaban J connectivity index is 1.95. The summed E-state index contributed by atoms with van der Waals surface area (Å²) in [5.41, 5.74) is 0.775. The summed E-state index contributed by atoms with van der Waals surface area (Å²) in [5.74, 6) is -1.81. The van der Waals surface area contributed by atoms with E-state index in [1.807, 2.05) is 36.4 Å². The van der Waals surface area contributed by atoms with Gasteiger partial charge in [0.1, 0.15) is 0 Å². The van der Waals surface area contributed by atoms with E-state index in [1.165, 1.54) is 29.0 Å². The zero-order valence-electron chi connectivity index (χ0n) is 17.4. The molecule has 0 N–H and O–H groups in total. The molecule has 0 aliphatic heterocycles. The third kappa shape index (κ3) is 5.67. The molecule has 30 heavy (non-hydrogen) atoms. The van der Waals surface area contributed by atoms with E-state index in [1.54, 1.807) is 0 Å². The largest absolute Gasteiger partial charge is 0.204 e. The first-order chi connectivity index (χ1) is 14.4. The Hall–Kier alpha value is -2.71. The number of nitrogens with zero attached hydrogens (tertiary/aromatic N) is 2. The van der Waals surface area contributed by atoms with Gasteiger partial charge >= 0.3 is 0 Å². The van der Waals surface area contributed by atoms with E-state index in [4.69, 9.17) is 0 Å². The molecule has 0 bridgehead atoms. The number of rotatable bonds is 6. The van der Waals surface area contributed by atoms with Crippen LogP contribution in [0.25, 0.3) is 0 Å². The van der Waals surface area contributed by atoms with Crippen molar-refractivity contribution in [1.29, 1.82) is 0 Å². The Labute approximate surface area is 178 Å². The summed E-state index contributed by atoms with van der Waals surface area (Å²) < 4.78 is 27.3. The molecule has 0 saturated carbocycles. The van der Waals surface area contributed by atoms with Crippen molar-refractivity contribution < 1.29 is 8.78 Å². The van der Waals surface area contributed by atoms with Gasteiger partial charge in [0.25, 0.3) is 0 Å². The van der Waals surface area contributed by atoms with E-state index in [0.29, 0.717) is 0 Å². The van der Waals surface area contributed by atoms with Crippen molar-refractivity contribution >= 4 is 30.5 Å². The maximum Gasteiger partial charge on any atom is 0.167 e. The molecule has 0 saturated heterocycles. The minimum absolute atomic E-state index is 0.0837. The van der Waals surface area contributed by atoms with Gasteiger partial charge < -0.3 is 0 Å². The van der Waals surface area contributed by atoms with Crippen molar-refractivity contribution in [1.82, 2.24) is 0 Å². The van der Waals surface area contributed by atoms with Crippen LogP contribution in [0.1, 0.15) is 26.3 Å². The van der Waals surface area contributed by atoms with E-state index in [-0.39, 0.29) is 11.0 Å². The van der Waals surface area contributed by atoms with Crippen molar-refractivity contribution in [3.8, 4) is 0 Å². The highest BCUT2D eigenvalue weighted by Gasteiger charge is 2.25. The van der Waals surface area contributed by atoms with E-state index in [9.17, 15) is 8.78 Å². The van der Waals surface area contributed by atoms with Crippen LogP contribution in [-0.4, -0.2) is 18.1 Å². The van der Waals surface area contributed by atoms with Crippen LogP contribution < -0.4 is 10.6 Å². The molecule has 2 nitrogen and oxygen atoms in total. The molecule has 3 aromatic carbocycles. The van der Waals surface area contributed by atoms with Crippen molar-refractivity contribution in [2.24, 2.45) is 15.6 Å². The fraction of sp³-hybridized carbons (Fsp3) is 0.200. The summed E-state index contributed by atoms with van der Waals surface area (Å²) in [6.07, 6.45) is 2.01. The third-order valence-electron chi connectivity index (χ3n) is 4.67. The van der Waals surface area contributed by atoms with Crippen LogP contribution >= 0.6 is 7.92 Å². The lowest BCUT2D eigenvalue weighted by molar-refractivity contribution is 0.507. The van der Waals surface area contributed by atoms with E-state index < -0.39 is 19.6 Å². The van der Waals surface area contributed by atoms with Crippen molar-refractivity contribution in [3.05, 3.63) is 96.1 Å². The third-order valence-corrected chi connectivity index (χ3v) is 7.12. The SMILES string of the molecule is CC(C)(C)/C(CP(c1ccccc1)c1ccccc1)=N\N=C\c1cccc(F)c1F. The summed E-state index contributed by atoms with van der Waals surface area (Å²) in [6, 6.07) is 24.8. The molecular formula is C25H25F2N2P. The van der Waals surface area contributed by atoms with Crippen LogP contribution in [0.2, 0.25) is 0 Å². The van der Waals surface area contributed by atoms with Gasteiger partial charge in [-0.3, -0.25) is 0 Å². The van der Waals surface area contributed by atoms with Crippen molar-refractivity contribution in [2.45, 2.75) is 20.8 Å². The quantitative estimate of drug-likeness (QED) is 0.268. The molecule has 0 radical (unpaired) electrons. The van der Waals surface area contributed by atoms with Crippen LogP contribution in [-0.2, 0) is 0 Å². The highest BCUT2D eigenvalue weighted by atomic mass is 31.1. The van der Waals surface area contributed by atoms with Crippen LogP contribution in [0.5, 0.6) is 0 Å². The normalized spacial score (nSPS) is 12.7. The van der Waals surface area contributed by atoms with Gasteiger partial charge in [0.05, 0.1) is 11.9 Å². The van der Waals surface area contributed by atoms with Gasteiger partial charge in [0, 0.05) is 17.1 Å². The number of benzene rings is 3. The summed E-state index contributed by atoms with van der Waals surface area (Å²) in [6.45, 7) is 6.27. The molecular weight excluding hydrogens is 397 g/mol. The van der Waals surface area contributed by atoms with E-state index in [0.717, 1.165) is 17.9 Å². The predicted octanol–water partition coefficient (Wildman–Crippen LogP) is 5.92. The van der Waals surface area contributed by atoms with E-state index >= 15 is 0 Å². The Morgan fingerprint density at radius 2 is 1.40 bits per heavy atom. The molecule has 0 unspecified atom stereocenters. The number of hydrogen-bond acceptors (Lipinski definition) is 2. The summed E-state index contributed by atoms with van der Waals surface area (Å²) in [7, 11) is -0.675. The minimum Gasteiger partial charge on any atom is -0.204 e. The molecule has 3 rings (SSSR count). The zero-order valence-corrected chi connectivity index (χ0v) is 18.3. The molecule has 0 aliphatic carbocycles. The highest BCUT2D eigenvalue weighted by molar-refractivity contribution is 7.73. The van der Waals surface area contributed by atoms with Crippen LogP contribution in [0, 0.1) is 17.0 Å². The smallest absolute Gasteiger partial charge is 0.167 e. The van der Waals surface area contributed by atoms with Gasteiger partial charge in [-0.1, -0.05) is 93.6 Å². The first-order valence-electron chi connectivity index (χ1n) is 9.78. The lowest BCUT2D eigenvalue weighted by Crippen LogP contribution is -2.27. The van der Waals surface area contributed by atoms with Gasteiger partial charge in [0.15, 0.2) is 11.6 Å². The first kappa shape index (κ1) is 22.0. The zero-order chi connectivity index (χ0) is 21.6. The second-order valence-electron chi connectivity index (χ2n) is 7.94. The maximum atomic E-state index is 13.9. The van der Waals surface area contributed by atoms with Gasteiger partial charge in [-0.15, -0.1) is 0 Å². The van der Waals surface area contributed by atoms with Gasteiger partial charge in [-0.25, -0.2) is 8.78 Å². The molecule has 3 aromatic rings. The van der Waals surface area contributed by atoms with Gasteiger partial charge in [0.2, 0.25) is 0 Å². The number of halogens is 2. The average molecular weight is 422 g/mol. The number of hydrogen-bond donors (Lipinski definition) is 0. The van der Waals surface area contributed by atoms with Crippen LogP contribution in [0.15, 0.2) is 89.1 Å². The Kier molecular flexibility index (Phi) is 7.23. The van der Waals surface area contributed by atoms with Gasteiger partial charge in [-0.2, -0.15) is 10.2 Å². The van der Waals surface area contributed by atoms with Crippen molar-refractivity contribution in [2.75, 3.05) is 6.16 Å². The maximum absolute atomic E-state index is 13.9. The standard InChI is InChI=1S/C25H25F2N2P/c1-25(2,3)23(29-28-17-19-11-10-16-22(26)24(19)27)18-30(20-12-6-4-7-13-20)21-14-8-5-9-15-21/h4-17H,18H2,1-3H3/b28-17+,29-23-. The Bertz CT molecular complexity index is 987. The fourth-order valence-electron chi connectivity index (χ4n) is 2.90. The monoisotopic (exact) mass is 422 g/mol. The Morgan fingerprint density at radius 3 is 1.93 bits per heavy atom. The predicted molar refractivity (Wildman–Crippen MR) is 125 cm³/mol. The molecule has 0 amide bonds. The Morgan fingerprint density at radius 1 is 0.833 bits per heavy atom. The second kappa shape index (κ2) is 9.86. The average Bonchev–Trinajstić information content (AvgIpc) is 2.74. The molecule has 0 spiro atoms. The van der Waals surface area contributed by atoms with Crippen molar-refractivity contribution in [3.63, 3.8) is 0 Å². The summed E-state index contributed by atoms with van der Waals surface area (Å²) in [4.78, 5) is 0. The first-order valence-corrected chi connectivity index (χ1v) is 11.3. The van der Waals surface area contributed by atoms with Gasteiger partial charge in [-0.05, 0) is 24.6 Å². The lowest BCUT2D eigenvalue weighted by atomic mass is 9.91. The summed E-state index contributed by atoms with van der Waals surface area (Å²) in [5, 5.41) is 11.1. The molecule has 0 heterocycles. The highest BCUT2D eigenvalue weighted by Crippen LogP contribution is 2.36. The molecule has 154 valence electrons. The second-order valence-corrected chi connectivity index (χ2v) is 10.1. The summed E-state index contributed by atoms with van der Waals surface area (Å²) >= 11 is 0. The fourth-order valence-corrected chi connectivity index (χ4v) is 5.46. The van der Waals surface area contributed by atoms with Crippen LogP contribution in [0.3, 0.4) is 0 Å². The lowest BCUT2D eigenvalue weighted by Gasteiger charge is -2.26.